The maximum atomic E-state index is 7.48. The van der Waals surface area contributed by atoms with Crippen molar-refractivity contribution >= 4 is 121 Å². The summed E-state index contributed by atoms with van der Waals surface area (Å²) in [5.41, 5.74) is 20.2. The molecule has 0 spiro atoms. The van der Waals surface area contributed by atoms with Crippen LogP contribution in [0.2, 0.25) is 0 Å². The van der Waals surface area contributed by atoms with E-state index in [1.54, 1.807) is 0 Å². The molecule has 19 rings (SSSR count). The molecule has 0 bridgehead atoms. The Morgan fingerprint density at radius 3 is 1.20 bits per heavy atom. The maximum Gasteiger partial charge on any atom is 0.159 e. The van der Waals surface area contributed by atoms with Crippen LogP contribution in [0, 0.1) is 0 Å². The van der Waals surface area contributed by atoms with Crippen molar-refractivity contribution in [2.24, 2.45) is 0 Å². The monoisotopic (exact) mass is 1180 g/mol. The van der Waals surface area contributed by atoms with Gasteiger partial charge in [0.25, 0.3) is 0 Å². The van der Waals surface area contributed by atoms with E-state index < -0.39 is 5.41 Å². The van der Waals surface area contributed by atoms with Gasteiger partial charge in [-0.1, -0.05) is 261 Å². The van der Waals surface area contributed by atoms with Crippen LogP contribution in [-0.2, 0) is 5.41 Å². The molecule has 18 aromatic rings. The minimum absolute atomic E-state index is 0.786. The highest BCUT2D eigenvalue weighted by molar-refractivity contribution is 6.26. The zero-order chi connectivity index (χ0) is 61.1. The van der Waals surface area contributed by atoms with E-state index in [2.05, 4.69) is 350 Å². The lowest BCUT2D eigenvalue weighted by Crippen LogP contribution is -2.29. The molecule has 434 valence electrons. The number of para-hydroxylation sites is 4. The van der Waals surface area contributed by atoms with Crippen LogP contribution < -0.4 is 9.80 Å². The van der Waals surface area contributed by atoms with Gasteiger partial charge in [-0.15, -0.1) is 0 Å². The lowest BCUT2D eigenvalue weighted by atomic mass is 9.67. The minimum Gasteiger partial charge on any atom is -0.453 e. The third-order valence-corrected chi connectivity index (χ3v) is 19.6. The van der Waals surface area contributed by atoms with Crippen molar-refractivity contribution in [3.63, 3.8) is 0 Å². The van der Waals surface area contributed by atoms with Gasteiger partial charge in [0.05, 0.1) is 22.5 Å². The van der Waals surface area contributed by atoms with Gasteiger partial charge in [0.15, 0.2) is 11.2 Å². The van der Waals surface area contributed by atoms with Gasteiger partial charge in [-0.3, -0.25) is 0 Å². The van der Waals surface area contributed by atoms with Crippen molar-refractivity contribution in [2.75, 3.05) is 9.80 Å². The van der Waals surface area contributed by atoms with Crippen molar-refractivity contribution in [1.82, 2.24) is 0 Å². The van der Waals surface area contributed by atoms with Crippen LogP contribution in [0.25, 0.3) is 120 Å². The summed E-state index contributed by atoms with van der Waals surface area (Å²) in [7, 11) is 0. The highest BCUT2D eigenvalue weighted by atomic mass is 16.3. The first-order chi connectivity index (χ1) is 46.2. The average molecular weight is 1190 g/mol. The van der Waals surface area contributed by atoms with Gasteiger partial charge in [0.2, 0.25) is 0 Å². The van der Waals surface area contributed by atoms with Crippen LogP contribution in [0.1, 0.15) is 22.3 Å². The fraction of sp³-hybridized carbons (Fsp3) is 0.0112. The molecule has 0 N–H and O–H groups in total. The predicted octanol–water partition coefficient (Wildman–Crippen LogP) is 24.7. The second-order valence-corrected chi connectivity index (χ2v) is 24.6. The molecule has 2 heterocycles. The summed E-state index contributed by atoms with van der Waals surface area (Å²) in [5.74, 6) is 0. The standard InChI is InChI=1S/C89H56N2O2/c1-7-27-57(28-8-1)74-53-60-31-19-21-41-68(60)83-72-45-25-47-79(85(72)92-87(74)83)90(65-37-15-5-16-38-65)67-50-49-59-52-76-77(55-62(59)51-67)89(63-33-11-3-12-34-63,64-35-13-4-14-36-64)78-56-81(70-43-23-24-44-71(70)82(76)78)91(66-39-17-6-18-40-66)80-48-26-46-73-84-69-42-22-20-32-61(69)54-75(88(84)93-86(73)80)58-29-9-2-10-30-58/h1-56H. The summed E-state index contributed by atoms with van der Waals surface area (Å²) in [6.45, 7) is 0. The Balaban J connectivity index is 0.862. The van der Waals surface area contributed by atoms with Gasteiger partial charge in [0.1, 0.15) is 11.2 Å². The molecule has 1 aliphatic rings. The second-order valence-electron chi connectivity index (χ2n) is 24.6. The lowest BCUT2D eigenvalue weighted by Gasteiger charge is -2.35. The van der Waals surface area contributed by atoms with Crippen LogP contribution in [0.15, 0.2) is 349 Å². The summed E-state index contributed by atoms with van der Waals surface area (Å²) in [4.78, 5) is 4.83. The molecular weight excluding hydrogens is 1130 g/mol. The third-order valence-electron chi connectivity index (χ3n) is 19.6. The first kappa shape index (κ1) is 52.7. The van der Waals surface area contributed by atoms with E-state index in [9.17, 15) is 0 Å². The van der Waals surface area contributed by atoms with E-state index in [1.165, 1.54) is 49.5 Å². The molecule has 0 aliphatic heterocycles. The van der Waals surface area contributed by atoms with E-state index >= 15 is 0 Å². The molecule has 0 amide bonds. The van der Waals surface area contributed by atoms with Crippen molar-refractivity contribution in [2.45, 2.75) is 5.41 Å². The van der Waals surface area contributed by atoms with Crippen molar-refractivity contribution in [3.05, 3.63) is 362 Å². The van der Waals surface area contributed by atoms with Crippen molar-refractivity contribution in [3.8, 4) is 33.4 Å². The Kier molecular flexibility index (Phi) is 11.9. The Bertz CT molecular complexity index is 5940. The molecule has 0 fully saturated rings. The number of fused-ring (bicyclic) bond motifs is 16. The number of hydrogen-bond acceptors (Lipinski definition) is 4. The molecule has 0 unspecified atom stereocenters. The molecule has 0 atom stereocenters. The molecule has 0 saturated carbocycles. The lowest BCUT2D eigenvalue weighted by molar-refractivity contribution is 0.670. The summed E-state index contributed by atoms with van der Waals surface area (Å²) in [6.07, 6.45) is 0. The molecule has 4 nitrogen and oxygen atoms in total. The normalized spacial score (nSPS) is 12.6. The summed E-state index contributed by atoms with van der Waals surface area (Å²) < 4.78 is 14.8. The zero-order valence-corrected chi connectivity index (χ0v) is 50.5. The Hall–Kier alpha value is -12.2. The van der Waals surface area contributed by atoms with Gasteiger partial charge in [-0.05, 0) is 161 Å². The summed E-state index contributed by atoms with van der Waals surface area (Å²) >= 11 is 0. The molecule has 0 radical (unpaired) electrons. The van der Waals surface area contributed by atoms with Crippen LogP contribution in [0.5, 0.6) is 0 Å². The Morgan fingerprint density at radius 1 is 0.237 bits per heavy atom. The fourth-order valence-electron chi connectivity index (χ4n) is 15.7. The number of benzene rings is 16. The SMILES string of the molecule is c1ccc(-c2cc3ccccc3c3c2oc2c(N(c4ccccc4)c4ccc5cc6c(cc5c4)C(c4ccccc4)(c4ccccc4)c4cc(N(c5ccccc5)c5cccc7c5oc5c(-c8ccccc8)cc8ccccc8c57)c5ccccc5c4-6)cccc23)cc1. The van der Waals surface area contributed by atoms with Gasteiger partial charge >= 0.3 is 0 Å². The van der Waals surface area contributed by atoms with E-state index in [-0.39, 0.29) is 0 Å². The van der Waals surface area contributed by atoms with E-state index in [0.29, 0.717) is 0 Å². The van der Waals surface area contributed by atoms with E-state index in [1.807, 2.05) is 0 Å². The van der Waals surface area contributed by atoms with Crippen LogP contribution in [-0.4, -0.2) is 0 Å². The number of anilines is 6. The second kappa shape index (κ2) is 20.9. The number of hydrogen-bond donors (Lipinski definition) is 0. The molecule has 1 aliphatic carbocycles. The van der Waals surface area contributed by atoms with Crippen molar-refractivity contribution < 1.29 is 8.83 Å². The van der Waals surface area contributed by atoms with Gasteiger partial charge in [-0.25, -0.2) is 0 Å². The first-order valence-corrected chi connectivity index (χ1v) is 32.0. The molecule has 0 saturated heterocycles. The zero-order valence-electron chi connectivity index (χ0n) is 50.5. The first-order valence-electron chi connectivity index (χ1n) is 32.0. The Labute approximate surface area is 537 Å². The van der Waals surface area contributed by atoms with Gasteiger partial charge in [0, 0.05) is 55.1 Å². The quantitative estimate of drug-likeness (QED) is 0.137. The largest absolute Gasteiger partial charge is 0.453 e. The fourth-order valence-corrected chi connectivity index (χ4v) is 15.7. The number of nitrogens with zero attached hydrogens (tertiary/aromatic N) is 2. The molecule has 2 aromatic heterocycles. The highest BCUT2D eigenvalue weighted by Gasteiger charge is 2.48. The minimum atomic E-state index is -0.786. The third kappa shape index (κ3) is 7.99. The molecule has 16 aromatic carbocycles. The van der Waals surface area contributed by atoms with Crippen LogP contribution in [0.4, 0.5) is 34.1 Å². The highest BCUT2D eigenvalue weighted by Crippen LogP contribution is 2.61. The Morgan fingerprint density at radius 2 is 0.667 bits per heavy atom. The molecule has 4 heteroatoms. The van der Waals surface area contributed by atoms with Crippen molar-refractivity contribution in [1.29, 1.82) is 0 Å². The maximum absolute atomic E-state index is 7.48. The average Bonchev–Trinajstić information content (AvgIpc) is 1.54. The van der Waals surface area contributed by atoms with Gasteiger partial charge in [-0.2, -0.15) is 0 Å². The predicted molar refractivity (Wildman–Crippen MR) is 389 cm³/mol. The van der Waals surface area contributed by atoms with Crippen LogP contribution >= 0.6 is 0 Å². The topological polar surface area (TPSA) is 32.8 Å². The van der Waals surface area contributed by atoms with Gasteiger partial charge < -0.3 is 18.6 Å². The molecular formula is C89H56N2O2. The number of furan rings is 2. The van der Waals surface area contributed by atoms with Crippen LogP contribution in [0.3, 0.4) is 0 Å². The summed E-state index contributed by atoms with van der Waals surface area (Å²) in [5, 5.41) is 13.6. The number of rotatable bonds is 10. The molecule has 93 heavy (non-hydrogen) atoms. The van der Waals surface area contributed by atoms with E-state index in [0.717, 1.165) is 127 Å². The summed E-state index contributed by atoms with van der Waals surface area (Å²) in [6, 6.07) is 124. The smallest absolute Gasteiger partial charge is 0.159 e. The van der Waals surface area contributed by atoms with E-state index in [4.69, 9.17) is 8.83 Å².